The van der Waals surface area contributed by atoms with E-state index in [4.69, 9.17) is 10.9 Å². The first-order valence-electron chi connectivity index (χ1n) is 6.84. The summed E-state index contributed by atoms with van der Waals surface area (Å²) < 4.78 is 19.4. The maximum atomic E-state index is 12.4. The first kappa shape index (κ1) is 14.3. The van der Waals surface area contributed by atoms with Crippen LogP contribution in [0.5, 0.6) is 0 Å². The van der Waals surface area contributed by atoms with E-state index in [0.717, 1.165) is 12.8 Å². The van der Waals surface area contributed by atoms with E-state index in [0.29, 0.717) is 18.1 Å². The minimum Gasteiger partial charge on any atom is -0.316 e. The molecule has 0 aliphatic heterocycles. The molecule has 0 radical (unpaired) electrons. The number of hydrogen-bond donors (Lipinski definition) is 0. The molecule has 6 heteroatoms. The zero-order valence-electron chi connectivity index (χ0n) is 11.3. The normalized spacial score (nSPS) is 20.4. The number of nitrogens with zero attached hydrogens (tertiary/aromatic N) is 3. The summed E-state index contributed by atoms with van der Waals surface area (Å²) in [5, 5.41) is 8.06. The minimum atomic E-state index is -3.26. The molecule has 2 rings (SSSR count). The zero-order valence-corrected chi connectivity index (χ0v) is 12.2. The highest BCUT2D eigenvalue weighted by Gasteiger charge is 2.28. The van der Waals surface area contributed by atoms with Crippen LogP contribution in [0.1, 0.15) is 51.5 Å². The van der Waals surface area contributed by atoms with Gasteiger partial charge in [-0.25, -0.2) is 4.68 Å². The SMILES string of the molecule is C#CP(=O)(OCC)c1cn(C2CCCCCC2)nn1. The Balaban J connectivity index is 2.18. The van der Waals surface area contributed by atoms with Gasteiger partial charge in [0.15, 0.2) is 5.44 Å². The van der Waals surface area contributed by atoms with E-state index in [1.54, 1.807) is 13.1 Å². The second-order valence-corrected chi connectivity index (χ2v) is 6.88. The van der Waals surface area contributed by atoms with Crippen molar-refractivity contribution in [3.63, 3.8) is 0 Å². The lowest BCUT2D eigenvalue weighted by Gasteiger charge is -2.13. The Labute approximate surface area is 114 Å². The summed E-state index contributed by atoms with van der Waals surface area (Å²) in [5.74, 6) is 0. The topological polar surface area (TPSA) is 57.0 Å². The first-order valence-corrected chi connectivity index (χ1v) is 8.47. The van der Waals surface area contributed by atoms with E-state index in [9.17, 15) is 4.57 Å². The molecule has 1 aliphatic rings. The summed E-state index contributed by atoms with van der Waals surface area (Å²) in [6, 6.07) is 0.344. The van der Waals surface area contributed by atoms with Gasteiger partial charge >= 0.3 is 7.37 Å². The largest absolute Gasteiger partial charge is 0.324 e. The highest BCUT2D eigenvalue weighted by molar-refractivity contribution is 7.71. The molecule has 0 saturated heterocycles. The average Bonchev–Trinajstić information content (AvgIpc) is 2.76. The lowest BCUT2D eigenvalue weighted by molar-refractivity contribution is 0.348. The predicted molar refractivity (Wildman–Crippen MR) is 74.5 cm³/mol. The lowest BCUT2D eigenvalue weighted by Crippen LogP contribution is -2.10. The van der Waals surface area contributed by atoms with Crippen molar-refractivity contribution in [3.05, 3.63) is 6.20 Å². The zero-order chi connectivity index (χ0) is 13.7. The van der Waals surface area contributed by atoms with Crippen LogP contribution in [0.15, 0.2) is 6.20 Å². The van der Waals surface area contributed by atoms with Crippen molar-refractivity contribution in [2.75, 3.05) is 6.61 Å². The highest BCUT2D eigenvalue weighted by atomic mass is 31.2. The third kappa shape index (κ3) is 3.26. The summed E-state index contributed by atoms with van der Waals surface area (Å²) in [5.41, 5.74) is 2.53. The van der Waals surface area contributed by atoms with Gasteiger partial charge in [0.2, 0.25) is 0 Å². The van der Waals surface area contributed by atoms with Crippen LogP contribution in [-0.4, -0.2) is 21.6 Å². The van der Waals surface area contributed by atoms with Crippen LogP contribution < -0.4 is 5.44 Å². The maximum absolute atomic E-state index is 12.4. The van der Waals surface area contributed by atoms with Gasteiger partial charge < -0.3 is 4.52 Å². The summed E-state index contributed by atoms with van der Waals surface area (Å²) in [4.78, 5) is 0. The van der Waals surface area contributed by atoms with Gasteiger partial charge in [0.25, 0.3) is 0 Å². The summed E-state index contributed by atoms with van der Waals surface area (Å²) in [7, 11) is -3.26. The van der Waals surface area contributed by atoms with E-state index < -0.39 is 7.37 Å². The van der Waals surface area contributed by atoms with Crippen LogP contribution in [0.2, 0.25) is 0 Å². The monoisotopic (exact) mass is 281 g/mol. The van der Waals surface area contributed by atoms with Crippen molar-refractivity contribution in [1.82, 2.24) is 15.0 Å². The molecule has 1 heterocycles. The Morgan fingerprint density at radius 3 is 2.74 bits per heavy atom. The molecular weight excluding hydrogens is 261 g/mol. The molecule has 1 atom stereocenters. The van der Waals surface area contributed by atoms with E-state index in [1.165, 1.54) is 25.7 Å². The third-order valence-corrected chi connectivity index (χ3v) is 5.25. The second-order valence-electron chi connectivity index (χ2n) is 4.80. The van der Waals surface area contributed by atoms with Crippen molar-refractivity contribution in [1.29, 1.82) is 0 Å². The van der Waals surface area contributed by atoms with E-state index >= 15 is 0 Å². The van der Waals surface area contributed by atoms with Crippen LogP contribution >= 0.6 is 7.37 Å². The Bertz CT molecular complexity index is 498. The van der Waals surface area contributed by atoms with Crippen molar-refractivity contribution < 1.29 is 9.09 Å². The van der Waals surface area contributed by atoms with Gasteiger partial charge in [-0.15, -0.1) is 11.5 Å². The fraction of sp³-hybridized carbons (Fsp3) is 0.692. The van der Waals surface area contributed by atoms with Crippen LogP contribution in [0.25, 0.3) is 0 Å². The van der Waals surface area contributed by atoms with Gasteiger partial charge in [-0.05, 0) is 25.4 Å². The summed E-state index contributed by atoms with van der Waals surface area (Å²) in [6.45, 7) is 2.07. The van der Waals surface area contributed by atoms with Crippen molar-refractivity contribution >= 4 is 12.8 Å². The molecule has 1 aromatic rings. The molecule has 1 aromatic heterocycles. The molecule has 5 nitrogen and oxygen atoms in total. The molecule has 1 unspecified atom stereocenters. The van der Waals surface area contributed by atoms with E-state index in [1.807, 2.05) is 4.68 Å². The Hall–Kier alpha value is -1.11. The van der Waals surface area contributed by atoms with Gasteiger partial charge in [-0.2, -0.15) is 0 Å². The summed E-state index contributed by atoms with van der Waals surface area (Å²) >= 11 is 0. The number of hydrogen-bond acceptors (Lipinski definition) is 4. The molecule has 0 bridgehead atoms. The fourth-order valence-corrected chi connectivity index (χ4v) is 3.59. The van der Waals surface area contributed by atoms with Crippen LogP contribution in [0.3, 0.4) is 0 Å². The van der Waals surface area contributed by atoms with Gasteiger partial charge in [-0.3, -0.25) is 4.57 Å². The van der Waals surface area contributed by atoms with E-state index in [-0.39, 0.29) is 0 Å². The standard InChI is InChI=1S/C13H20N3O2P/c1-3-18-19(17,4-2)13-11-16(15-14-13)12-9-7-5-6-8-10-12/h2,11-12H,3,5-10H2,1H3. The first-order chi connectivity index (χ1) is 9.19. The van der Waals surface area contributed by atoms with Crippen molar-refractivity contribution in [2.45, 2.75) is 51.5 Å². The molecule has 19 heavy (non-hydrogen) atoms. The summed E-state index contributed by atoms with van der Waals surface area (Å²) in [6.07, 6.45) is 14.2. The fourth-order valence-electron chi connectivity index (χ4n) is 2.45. The molecule has 1 saturated carbocycles. The Kier molecular flexibility index (Phi) is 4.79. The molecular formula is C13H20N3O2P. The Morgan fingerprint density at radius 1 is 1.47 bits per heavy atom. The molecule has 1 fully saturated rings. The molecule has 0 aromatic carbocycles. The second kappa shape index (κ2) is 6.36. The van der Waals surface area contributed by atoms with Crippen LogP contribution in [0, 0.1) is 12.1 Å². The highest BCUT2D eigenvalue weighted by Crippen LogP contribution is 2.43. The Morgan fingerprint density at radius 2 is 2.16 bits per heavy atom. The minimum absolute atomic E-state index is 0.293. The molecule has 0 N–H and O–H groups in total. The lowest BCUT2D eigenvalue weighted by atomic mass is 10.1. The molecule has 1 aliphatic carbocycles. The molecule has 0 amide bonds. The van der Waals surface area contributed by atoms with E-state index in [2.05, 4.69) is 16.0 Å². The number of terminal acetylenes is 1. The smallest absolute Gasteiger partial charge is 0.316 e. The van der Waals surface area contributed by atoms with Gasteiger partial charge in [0.1, 0.15) is 0 Å². The van der Waals surface area contributed by atoms with Gasteiger partial charge in [0, 0.05) is 0 Å². The van der Waals surface area contributed by atoms with Gasteiger partial charge in [0.05, 0.1) is 18.8 Å². The quantitative estimate of drug-likeness (QED) is 0.484. The average molecular weight is 281 g/mol. The molecule has 0 spiro atoms. The number of rotatable bonds is 4. The van der Waals surface area contributed by atoms with Crippen molar-refractivity contribution in [2.24, 2.45) is 0 Å². The van der Waals surface area contributed by atoms with Crippen LogP contribution in [0.4, 0.5) is 0 Å². The third-order valence-electron chi connectivity index (χ3n) is 3.48. The van der Waals surface area contributed by atoms with Gasteiger partial charge in [-0.1, -0.05) is 30.9 Å². The predicted octanol–water partition coefficient (Wildman–Crippen LogP) is 2.70. The number of aromatic nitrogens is 3. The van der Waals surface area contributed by atoms with Crippen LogP contribution in [-0.2, 0) is 9.09 Å². The maximum Gasteiger partial charge on any atom is 0.324 e. The van der Waals surface area contributed by atoms with Crippen molar-refractivity contribution in [3.8, 4) is 12.1 Å². The molecule has 104 valence electrons.